The van der Waals surface area contributed by atoms with Crippen LogP contribution in [-0.2, 0) is 51.3 Å². The van der Waals surface area contributed by atoms with E-state index in [-0.39, 0.29) is 26.4 Å². The van der Waals surface area contributed by atoms with E-state index < -0.39 is 42.1 Å². The number of rotatable bonds is 12. The Morgan fingerprint density at radius 3 is 1.52 bits per heavy atom. The van der Waals surface area contributed by atoms with Crippen LogP contribution in [0.15, 0.2) is 60.7 Å². The van der Waals surface area contributed by atoms with Gasteiger partial charge in [-0.3, -0.25) is 19.2 Å². The van der Waals surface area contributed by atoms with Crippen LogP contribution < -0.4 is 0 Å². The van der Waals surface area contributed by atoms with Crippen molar-refractivity contribution in [1.82, 2.24) is 0 Å². The Kier molecular flexibility index (Phi) is 10.6. The number of benzene rings is 2. The Hall–Kier alpha value is -3.68. The summed E-state index contributed by atoms with van der Waals surface area (Å²) in [6, 6.07) is 17.7. The van der Waals surface area contributed by atoms with Crippen molar-refractivity contribution >= 4 is 23.9 Å². The molecule has 1 atom stereocenters. The normalized spacial score (nSPS) is 11.4. The van der Waals surface area contributed by atoms with Gasteiger partial charge in [0.15, 0.2) is 5.92 Å². The minimum atomic E-state index is -1.69. The molecule has 0 heterocycles. The average molecular weight is 456 g/mol. The van der Waals surface area contributed by atoms with Gasteiger partial charge in [0.1, 0.15) is 13.2 Å². The second kappa shape index (κ2) is 13.7. The van der Waals surface area contributed by atoms with Gasteiger partial charge in [-0.25, -0.2) is 0 Å². The number of hydrogen-bond donors (Lipinski definition) is 0. The SMILES string of the molecule is CCOC(=O)CC(C(=O)OCC)C(C(=O)OCc1ccccc1)C(=O)OCc1ccccc1. The van der Waals surface area contributed by atoms with Crippen LogP contribution in [0.4, 0.5) is 0 Å². The Morgan fingerprint density at radius 2 is 1.09 bits per heavy atom. The lowest BCUT2D eigenvalue weighted by molar-refractivity contribution is -0.174. The largest absolute Gasteiger partial charge is 0.466 e. The van der Waals surface area contributed by atoms with Gasteiger partial charge in [0.05, 0.1) is 25.6 Å². The summed E-state index contributed by atoms with van der Waals surface area (Å²) >= 11 is 0. The third kappa shape index (κ3) is 8.40. The van der Waals surface area contributed by atoms with E-state index in [4.69, 9.17) is 18.9 Å². The summed E-state index contributed by atoms with van der Waals surface area (Å²) in [6.45, 7) is 3.04. The molecule has 0 aromatic heterocycles. The quantitative estimate of drug-likeness (QED) is 0.272. The zero-order valence-electron chi connectivity index (χ0n) is 18.7. The van der Waals surface area contributed by atoms with Gasteiger partial charge < -0.3 is 18.9 Å². The summed E-state index contributed by atoms with van der Waals surface area (Å²) in [6.07, 6.45) is -0.530. The van der Waals surface area contributed by atoms with Crippen molar-refractivity contribution in [2.45, 2.75) is 33.5 Å². The topological polar surface area (TPSA) is 105 Å². The maximum absolute atomic E-state index is 13.0. The van der Waals surface area contributed by atoms with Crippen molar-refractivity contribution in [2.24, 2.45) is 11.8 Å². The first-order chi connectivity index (χ1) is 16.0. The van der Waals surface area contributed by atoms with Crippen molar-refractivity contribution in [3.63, 3.8) is 0 Å². The van der Waals surface area contributed by atoms with Crippen LogP contribution >= 0.6 is 0 Å². The van der Waals surface area contributed by atoms with Crippen molar-refractivity contribution < 1.29 is 38.1 Å². The van der Waals surface area contributed by atoms with Crippen LogP contribution in [0.3, 0.4) is 0 Å². The molecule has 2 aromatic carbocycles. The van der Waals surface area contributed by atoms with Crippen LogP contribution in [0.2, 0.25) is 0 Å². The summed E-state index contributed by atoms with van der Waals surface area (Å²) in [7, 11) is 0. The van der Waals surface area contributed by atoms with Gasteiger partial charge in [-0.2, -0.15) is 0 Å². The lowest BCUT2D eigenvalue weighted by Crippen LogP contribution is -2.40. The summed E-state index contributed by atoms with van der Waals surface area (Å²) in [5.74, 6) is -6.74. The van der Waals surface area contributed by atoms with E-state index in [2.05, 4.69) is 0 Å². The highest BCUT2D eigenvalue weighted by Gasteiger charge is 2.44. The van der Waals surface area contributed by atoms with Crippen LogP contribution in [0.5, 0.6) is 0 Å². The number of esters is 4. The van der Waals surface area contributed by atoms with Gasteiger partial charge in [-0.15, -0.1) is 0 Å². The average Bonchev–Trinajstić information content (AvgIpc) is 2.82. The summed E-state index contributed by atoms with van der Waals surface area (Å²) in [4.78, 5) is 50.7. The molecule has 8 heteroatoms. The van der Waals surface area contributed by atoms with Crippen molar-refractivity contribution in [3.05, 3.63) is 71.8 Å². The Morgan fingerprint density at radius 1 is 0.636 bits per heavy atom. The summed E-state index contributed by atoms with van der Waals surface area (Å²) in [5.41, 5.74) is 1.39. The molecule has 33 heavy (non-hydrogen) atoms. The van der Waals surface area contributed by atoms with E-state index in [9.17, 15) is 19.2 Å². The highest BCUT2D eigenvalue weighted by molar-refractivity contribution is 6.00. The van der Waals surface area contributed by atoms with Gasteiger partial charge >= 0.3 is 23.9 Å². The molecule has 2 aromatic rings. The lowest BCUT2D eigenvalue weighted by atomic mass is 9.89. The zero-order valence-corrected chi connectivity index (χ0v) is 18.7. The van der Waals surface area contributed by atoms with Crippen LogP contribution in [0.25, 0.3) is 0 Å². The lowest BCUT2D eigenvalue weighted by Gasteiger charge is -2.22. The molecule has 0 N–H and O–H groups in total. The minimum absolute atomic E-state index is 0.00298. The number of carbonyl (C=O) groups excluding carboxylic acids is 4. The molecule has 176 valence electrons. The molecule has 0 amide bonds. The van der Waals surface area contributed by atoms with Gasteiger partial charge in [0.2, 0.25) is 0 Å². The van der Waals surface area contributed by atoms with E-state index >= 15 is 0 Å². The van der Waals surface area contributed by atoms with E-state index in [0.29, 0.717) is 11.1 Å². The molecule has 0 aliphatic rings. The van der Waals surface area contributed by atoms with Crippen molar-refractivity contribution in [3.8, 4) is 0 Å². The standard InChI is InChI=1S/C25H28O8/c1-3-30-21(26)15-20(23(27)31-4-2)22(24(28)32-16-18-11-7-5-8-12-18)25(29)33-17-19-13-9-6-10-14-19/h5-14,20,22H,3-4,15-17H2,1-2H3. The first-order valence-corrected chi connectivity index (χ1v) is 10.7. The van der Waals surface area contributed by atoms with Gasteiger partial charge in [-0.1, -0.05) is 60.7 Å². The first kappa shape index (κ1) is 25.6. The molecule has 0 saturated heterocycles. The maximum Gasteiger partial charge on any atom is 0.321 e. The third-order valence-electron chi connectivity index (χ3n) is 4.64. The van der Waals surface area contributed by atoms with Gasteiger partial charge in [0, 0.05) is 0 Å². The molecule has 0 fully saturated rings. The molecule has 1 unspecified atom stereocenters. The molecule has 0 spiro atoms. The molecular formula is C25H28O8. The number of ether oxygens (including phenoxy) is 4. The summed E-state index contributed by atoms with van der Waals surface area (Å²) < 4.78 is 20.6. The Balaban J connectivity index is 2.25. The predicted octanol–water partition coefficient (Wildman–Crippen LogP) is 3.22. The smallest absolute Gasteiger partial charge is 0.321 e. The molecule has 0 radical (unpaired) electrons. The molecule has 2 rings (SSSR count). The molecule has 0 bridgehead atoms. The predicted molar refractivity (Wildman–Crippen MR) is 117 cm³/mol. The zero-order chi connectivity index (χ0) is 24.1. The third-order valence-corrected chi connectivity index (χ3v) is 4.64. The minimum Gasteiger partial charge on any atom is -0.466 e. The van der Waals surface area contributed by atoms with E-state index in [1.54, 1.807) is 62.4 Å². The Labute approximate surface area is 192 Å². The maximum atomic E-state index is 13.0. The second-order valence-electron chi connectivity index (χ2n) is 7.03. The highest BCUT2D eigenvalue weighted by atomic mass is 16.6. The number of hydrogen-bond acceptors (Lipinski definition) is 8. The molecular weight excluding hydrogens is 428 g/mol. The fourth-order valence-corrected chi connectivity index (χ4v) is 3.05. The summed E-state index contributed by atoms with van der Waals surface area (Å²) in [5, 5.41) is 0. The van der Waals surface area contributed by atoms with Gasteiger partial charge in [0.25, 0.3) is 0 Å². The molecule has 0 saturated carbocycles. The van der Waals surface area contributed by atoms with E-state index in [0.717, 1.165) is 0 Å². The second-order valence-corrected chi connectivity index (χ2v) is 7.03. The van der Waals surface area contributed by atoms with Crippen molar-refractivity contribution in [1.29, 1.82) is 0 Å². The first-order valence-electron chi connectivity index (χ1n) is 10.7. The van der Waals surface area contributed by atoms with Crippen LogP contribution in [0.1, 0.15) is 31.4 Å². The van der Waals surface area contributed by atoms with Crippen molar-refractivity contribution in [2.75, 3.05) is 13.2 Å². The van der Waals surface area contributed by atoms with Crippen LogP contribution in [-0.4, -0.2) is 37.1 Å². The highest BCUT2D eigenvalue weighted by Crippen LogP contribution is 2.24. The Bertz CT molecular complexity index is 855. The fourth-order valence-electron chi connectivity index (χ4n) is 3.05. The van der Waals surface area contributed by atoms with E-state index in [1.165, 1.54) is 0 Å². The molecule has 0 aliphatic heterocycles. The molecule has 0 aliphatic carbocycles. The number of carbonyl (C=O) groups is 4. The fraction of sp³-hybridized carbons (Fsp3) is 0.360. The van der Waals surface area contributed by atoms with E-state index in [1.807, 2.05) is 12.1 Å². The molecule has 8 nitrogen and oxygen atoms in total. The monoisotopic (exact) mass is 456 g/mol. The van der Waals surface area contributed by atoms with Gasteiger partial charge in [-0.05, 0) is 25.0 Å². The van der Waals surface area contributed by atoms with Crippen LogP contribution in [0, 0.1) is 11.8 Å².